The van der Waals surface area contributed by atoms with Gasteiger partial charge in [-0.15, -0.1) is 5.10 Å². The van der Waals surface area contributed by atoms with Gasteiger partial charge in [0.15, 0.2) is 5.82 Å². The molecule has 36 heavy (non-hydrogen) atoms. The van der Waals surface area contributed by atoms with E-state index in [1.807, 2.05) is 43.6 Å². The highest BCUT2D eigenvalue weighted by molar-refractivity contribution is 6.22. The highest BCUT2D eigenvalue weighted by atomic mass is 16.5. The van der Waals surface area contributed by atoms with Gasteiger partial charge < -0.3 is 20.8 Å². The van der Waals surface area contributed by atoms with Crippen molar-refractivity contribution in [1.29, 1.82) is 5.41 Å². The van der Waals surface area contributed by atoms with Gasteiger partial charge in [-0.1, -0.05) is 20.8 Å². The quantitative estimate of drug-likeness (QED) is 0.269. The monoisotopic (exact) mass is 488 g/mol. The van der Waals surface area contributed by atoms with Gasteiger partial charge in [-0.2, -0.15) is 5.10 Å². The predicted molar refractivity (Wildman–Crippen MR) is 145 cm³/mol. The summed E-state index contributed by atoms with van der Waals surface area (Å²) >= 11 is 0. The van der Waals surface area contributed by atoms with E-state index in [9.17, 15) is 0 Å². The summed E-state index contributed by atoms with van der Waals surface area (Å²) < 4.78 is 5.42. The largest absolute Gasteiger partial charge is 0.390 e. The minimum absolute atomic E-state index is 0.365. The van der Waals surface area contributed by atoms with Gasteiger partial charge in [-0.3, -0.25) is 9.88 Å². The van der Waals surface area contributed by atoms with Crippen LogP contribution in [0.1, 0.15) is 50.7 Å². The molecule has 3 N–H and O–H groups in total. The number of pyridine rings is 2. The van der Waals surface area contributed by atoms with Crippen LogP contribution in [-0.4, -0.2) is 70.2 Å². The van der Waals surface area contributed by atoms with Crippen molar-refractivity contribution in [3.63, 3.8) is 0 Å². The van der Waals surface area contributed by atoms with E-state index in [4.69, 9.17) is 15.1 Å². The summed E-state index contributed by atoms with van der Waals surface area (Å²) in [7, 11) is 0. The van der Waals surface area contributed by atoms with Gasteiger partial charge >= 0.3 is 0 Å². The van der Waals surface area contributed by atoms with Crippen molar-refractivity contribution in [1.82, 2.24) is 30.4 Å². The molecule has 1 saturated heterocycles. The maximum atomic E-state index is 8.52. The average molecular weight is 489 g/mol. The van der Waals surface area contributed by atoms with Crippen LogP contribution in [0.4, 0.5) is 11.6 Å². The number of fused-ring (bicyclic) bond motifs is 1. The van der Waals surface area contributed by atoms with Crippen LogP contribution in [0.2, 0.25) is 0 Å². The lowest BCUT2D eigenvalue weighted by molar-refractivity contribution is 0.0375. The summed E-state index contributed by atoms with van der Waals surface area (Å²) in [6.45, 7) is 11.8. The van der Waals surface area contributed by atoms with Crippen molar-refractivity contribution in [2.24, 2.45) is 0 Å². The molecule has 190 valence electrons. The number of aromatic nitrogens is 4. The average Bonchev–Trinajstić information content (AvgIpc) is 2.90. The molecule has 0 aliphatic carbocycles. The second kappa shape index (κ2) is 12.5. The van der Waals surface area contributed by atoms with Gasteiger partial charge in [-0.25, -0.2) is 4.98 Å². The van der Waals surface area contributed by atoms with E-state index in [2.05, 4.69) is 44.6 Å². The van der Waals surface area contributed by atoms with Gasteiger partial charge in [0.1, 0.15) is 5.82 Å². The third kappa shape index (κ3) is 6.83. The van der Waals surface area contributed by atoms with E-state index in [0.29, 0.717) is 29.7 Å². The Morgan fingerprint density at radius 3 is 2.75 bits per heavy atom. The molecule has 0 bridgehead atoms. The molecular weight excluding hydrogens is 452 g/mol. The molecule has 1 aliphatic rings. The minimum Gasteiger partial charge on any atom is -0.390 e. The molecule has 3 aromatic rings. The summed E-state index contributed by atoms with van der Waals surface area (Å²) in [6, 6.07) is 7.81. The molecule has 9 nitrogen and oxygen atoms in total. The molecule has 1 aliphatic heterocycles. The Hall–Kier alpha value is -3.43. The van der Waals surface area contributed by atoms with Crippen molar-refractivity contribution < 1.29 is 4.74 Å². The van der Waals surface area contributed by atoms with E-state index in [-0.39, 0.29) is 0 Å². The summed E-state index contributed by atoms with van der Waals surface area (Å²) in [6.07, 6.45) is 7.23. The Kier molecular flexibility index (Phi) is 8.91. The molecule has 4 rings (SSSR count). The van der Waals surface area contributed by atoms with Crippen molar-refractivity contribution in [3.8, 4) is 0 Å². The molecule has 4 heterocycles. The first-order valence-electron chi connectivity index (χ1n) is 12.7. The van der Waals surface area contributed by atoms with E-state index in [1.165, 1.54) is 0 Å². The van der Waals surface area contributed by atoms with Crippen molar-refractivity contribution in [2.75, 3.05) is 44.7 Å². The molecule has 9 heteroatoms. The number of hydrogen-bond acceptors (Lipinski definition) is 9. The van der Waals surface area contributed by atoms with Crippen molar-refractivity contribution >= 4 is 34.0 Å². The smallest absolute Gasteiger partial charge is 0.154 e. The Bertz CT molecular complexity index is 1200. The molecule has 0 spiro atoms. The Labute approximate surface area is 212 Å². The lowest BCUT2D eigenvalue weighted by Gasteiger charge is -2.26. The fourth-order valence-electron chi connectivity index (χ4n) is 4.05. The topological polar surface area (TPSA) is 112 Å². The summed E-state index contributed by atoms with van der Waals surface area (Å²) in [5.74, 6) is 1.70. The van der Waals surface area contributed by atoms with Gasteiger partial charge in [0, 0.05) is 48.9 Å². The Balaban J connectivity index is 1.47. The van der Waals surface area contributed by atoms with Crippen LogP contribution >= 0.6 is 0 Å². The standard InChI is InChI=1S/C27H36N8O/c1-4-23(28)22(18-29-8-5-9-35-10-12-36-13-11-35)21-14-25-24(30-16-21)6-7-26(32-25)33-27-15-20(19(2)3)17-31-34-27/h6-7,14-19,28-29H,4-5,8-13H2,1-3H3,(H,32,33,34)/b22-18-,28-23?. The molecule has 0 amide bonds. The predicted octanol–water partition coefficient (Wildman–Crippen LogP) is 4.37. The SMILES string of the molecule is CCC(=N)/C(=C\NCCCN1CCOCC1)c1cnc2ccc(Nc3cc(C(C)C)cnn3)nc2c1. The normalized spacial score (nSPS) is 14.8. The number of allylic oxidation sites excluding steroid dienone is 1. The van der Waals surface area contributed by atoms with Crippen LogP contribution in [0.3, 0.4) is 0 Å². The zero-order valence-corrected chi connectivity index (χ0v) is 21.4. The molecule has 0 atom stereocenters. The Morgan fingerprint density at radius 2 is 1.97 bits per heavy atom. The van der Waals surface area contributed by atoms with Crippen molar-refractivity contribution in [3.05, 3.63) is 54.0 Å². The number of ether oxygens (including phenoxy) is 1. The second-order valence-electron chi connectivity index (χ2n) is 9.26. The van der Waals surface area contributed by atoms with Crippen LogP contribution in [-0.2, 0) is 4.74 Å². The lowest BCUT2D eigenvalue weighted by Crippen LogP contribution is -2.37. The molecule has 0 unspecified atom stereocenters. The van der Waals surface area contributed by atoms with Gasteiger partial charge in [0.2, 0.25) is 0 Å². The molecule has 0 aromatic carbocycles. The fraction of sp³-hybridized carbons (Fsp3) is 0.444. The first kappa shape index (κ1) is 25.7. The zero-order chi connectivity index (χ0) is 25.3. The fourth-order valence-corrected chi connectivity index (χ4v) is 4.05. The van der Waals surface area contributed by atoms with Crippen molar-refractivity contribution in [2.45, 2.75) is 39.5 Å². The maximum Gasteiger partial charge on any atom is 0.154 e. The highest BCUT2D eigenvalue weighted by Gasteiger charge is 2.12. The number of anilines is 2. The highest BCUT2D eigenvalue weighted by Crippen LogP contribution is 2.23. The minimum atomic E-state index is 0.365. The van der Waals surface area contributed by atoms with E-state index in [0.717, 1.165) is 73.5 Å². The summed E-state index contributed by atoms with van der Waals surface area (Å²) in [5.41, 5.74) is 4.95. The first-order chi connectivity index (χ1) is 17.5. The van der Waals surface area contributed by atoms with Gasteiger partial charge in [0.25, 0.3) is 0 Å². The molecule has 1 fully saturated rings. The summed E-state index contributed by atoms with van der Waals surface area (Å²) in [4.78, 5) is 11.8. The molecule has 3 aromatic heterocycles. The molecular formula is C27H36N8O. The third-order valence-corrected chi connectivity index (χ3v) is 6.27. The zero-order valence-electron chi connectivity index (χ0n) is 21.4. The molecule has 0 saturated carbocycles. The van der Waals surface area contributed by atoms with Crippen LogP contribution in [0.5, 0.6) is 0 Å². The van der Waals surface area contributed by atoms with E-state index in [1.54, 1.807) is 6.20 Å². The van der Waals surface area contributed by atoms with Crippen LogP contribution < -0.4 is 10.6 Å². The van der Waals surface area contributed by atoms with Gasteiger partial charge in [-0.05, 0) is 55.1 Å². The third-order valence-electron chi connectivity index (χ3n) is 6.27. The lowest BCUT2D eigenvalue weighted by atomic mass is 10.0. The van der Waals surface area contributed by atoms with E-state index < -0.39 is 0 Å². The number of rotatable bonds is 11. The number of morpholine rings is 1. The van der Waals surface area contributed by atoms with Crippen LogP contribution in [0.25, 0.3) is 16.6 Å². The molecule has 0 radical (unpaired) electrons. The summed E-state index contributed by atoms with van der Waals surface area (Å²) in [5, 5.41) is 23.5. The van der Waals surface area contributed by atoms with Gasteiger partial charge in [0.05, 0.1) is 30.4 Å². The van der Waals surface area contributed by atoms with E-state index >= 15 is 0 Å². The second-order valence-corrected chi connectivity index (χ2v) is 9.26. The van der Waals surface area contributed by atoms with Crippen LogP contribution in [0, 0.1) is 5.41 Å². The number of hydrogen-bond donors (Lipinski definition) is 3. The van der Waals surface area contributed by atoms with Crippen LogP contribution in [0.15, 0.2) is 42.9 Å². The number of nitrogens with one attached hydrogen (secondary N) is 3. The maximum absolute atomic E-state index is 8.52. The Morgan fingerprint density at radius 1 is 1.14 bits per heavy atom. The number of nitrogens with zero attached hydrogens (tertiary/aromatic N) is 5. The first-order valence-corrected chi connectivity index (χ1v) is 12.7.